The zero-order chi connectivity index (χ0) is 13.5. The van der Waals surface area contributed by atoms with Gasteiger partial charge in [-0.05, 0) is 30.3 Å². The molecule has 0 unspecified atom stereocenters. The fourth-order valence-electron chi connectivity index (χ4n) is 1.54. The van der Waals surface area contributed by atoms with Gasteiger partial charge < -0.3 is 10.1 Å². The van der Waals surface area contributed by atoms with E-state index in [1.807, 2.05) is 30.3 Å². The summed E-state index contributed by atoms with van der Waals surface area (Å²) in [5.41, 5.74) is 1.47. The van der Waals surface area contributed by atoms with E-state index in [0.29, 0.717) is 5.75 Å². The van der Waals surface area contributed by atoms with E-state index < -0.39 is 0 Å². The molecule has 0 radical (unpaired) electrons. The number of anilines is 1. The van der Waals surface area contributed by atoms with Crippen LogP contribution in [-0.2, 0) is 4.79 Å². The first-order valence-electron chi connectivity index (χ1n) is 5.82. The van der Waals surface area contributed by atoms with E-state index in [-0.39, 0.29) is 12.5 Å². The minimum atomic E-state index is -0.211. The molecule has 94 valence electrons. The first-order chi connectivity index (χ1) is 9.28. The van der Waals surface area contributed by atoms with Gasteiger partial charge in [0.2, 0.25) is 0 Å². The van der Waals surface area contributed by atoms with E-state index in [4.69, 9.17) is 11.2 Å². The molecule has 0 aromatic heterocycles. The van der Waals surface area contributed by atoms with Crippen molar-refractivity contribution in [1.82, 2.24) is 0 Å². The van der Waals surface area contributed by atoms with Gasteiger partial charge in [0.25, 0.3) is 5.91 Å². The van der Waals surface area contributed by atoms with Gasteiger partial charge in [-0.3, -0.25) is 4.79 Å². The first-order valence-corrected chi connectivity index (χ1v) is 5.82. The van der Waals surface area contributed by atoms with E-state index in [9.17, 15) is 4.79 Å². The summed E-state index contributed by atoms with van der Waals surface area (Å²) in [4.78, 5) is 11.7. The molecule has 0 aliphatic heterocycles. The molecule has 2 rings (SSSR count). The lowest BCUT2D eigenvalue weighted by atomic mass is 10.2. The number of rotatable bonds is 4. The Labute approximate surface area is 112 Å². The average molecular weight is 251 g/mol. The van der Waals surface area contributed by atoms with Gasteiger partial charge >= 0.3 is 0 Å². The predicted molar refractivity (Wildman–Crippen MR) is 74.9 cm³/mol. The molecule has 0 spiro atoms. The van der Waals surface area contributed by atoms with Crippen molar-refractivity contribution in [2.24, 2.45) is 0 Å². The highest BCUT2D eigenvalue weighted by Gasteiger charge is 2.03. The molecular weight excluding hydrogens is 238 g/mol. The average Bonchev–Trinajstić information content (AvgIpc) is 2.46. The van der Waals surface area contributed by atoms with Gasteiger partial charge in [0.05, 0.1) is 0 Å². The fraction of sp³-hybridized carbons (Fsp3) is 0.0625. The van der Waals surface area contributed by atoms with Gasteiger partial charge in [-0.25, -0.2) is 0 Å². The monoisotopic (exact) mass is 251 g/mol. The predicted octanol–water partition coefficient (Wildman–Crippen LogP) is 2.69. The Bertz CT molecular complexity index is 600. The van der Waals surface area contributed by atoms with Gasteiger partial charge in [-0.1, -0.05) is 30.2 Å². The number of amides is 1. The third-order valence-electron chi connectivity index (χ3n) is 2.43. The SMILES string of the molecule is C#Cc1cccc(OCC(=O)Nc2ccccc2)c1. The second kappa shape index (κ2) is 6.27. The summed E-state index contributed by atoms with van der Waals surface area (Å²) < 4.78 is 5.37. The lowest BCUT2D eigenvalue weighted by Gasteiger charge is -2.07. The number of hydrogen-bond acceptors (Lipinski definition) is 2. The zero-order valence-electron chi connectivity index (χ0n) is 10.3. The number of benzene rings is 2. The summed E-state index contributed by atoms with van der Waals surface area (Å²) in [6.07, 6.45) is 5.29. The topological polar surface area (TPSA) is 38.3 Å². The summed E-state index contributed by atoms with van der Waals surface area (Å²) in [7, 11) is 0. The molecule has 2 aromatic carbocycles. The van der Waals surface area contributed by atoms with E-state index in [1.54, 1.807) is 24.3 Å². The van der Waals surface area contributed by atoms with E-state index >= 15 is 0 Å². The van der Waals surface area contributed by atoms with Crippen LogP contribution in [0.15, 0.2) is 54.6 Å². The molecule has 2 aromatic rings. The highest BCUT2D eigenvalue weighted by Crippen LogP contribution is 2.12. The van der Waals surface area contributed by atoms with Crippen LogP contribution >= 0.6 is 0 Å². The van der Waals surface area contributed by atoms with Gasteiger partial charge in [0, 0.05) is 11.3 Å². The van der Waals surface area contributed by atoms with Crippen molar-refractivity contribution >= 4 is 11.6 Å². The molecule has 3 nitrogen and oxygen atoms in total. The number of terminal acetylenes is 1. The Morgan fingerprint density at radius 1 is 1.16 bits per heavy atom. The van der Waals surface area contributed by atoms with Gasteiger partial charge in [0.1, 0.15) is 5.75 Å². The molecule has 0 aliphatic rings. The Hall–Kier alpha value is -2.73. The van der Waals surface area contributed by atoms with Crippen LogP contribution in [0.25, 0.3) is 0 Å². The van der Waals surface area contributed by atoms with Crippen molar-refractivity contribution in [3.05, 3.63) is 60.2 Å². The summed E-state index contributed by atoms with van der Waals surface area (Å²) in [5, 5.41) is 2.74. The quantitative estimate of drug-likeness (QED) is 0.848. The number of ether oxygens (including phenoxy) is 1. The van der Waals surface area contributed by atoms with Crippen molar-refractivity contribution < 1.29 is 9.53 Å². The summed E-state index contributed by atoms with van der Waals surface area (Å²) >= 11 is 0. The molecule has 0 saturated carbocycles. The Kier molecular flexibility index (Phi) is 4.20. The van der Waals surface area contributed by atoms with Crippen LogP contribution in [0.1, 0.15) is 5.56 Å². The smallest absolute Gasteiger partial charge is 0.262 e. The molecule has 1 N–H and O–H groups in total. The van der Waals surface area contributed by atoms with Crippen molar-refractivity contribution in [3.63, 3.8) is 0 Å². The molecule has 19 heavy (non-hydrogen) atoms. The van der Waals surface area contributed by atoms with E-state index in [0.717, 1.165) is 11.3 Å². The number of nitrogens with one attached hydrogen (secondary N) is 1. The lowest BCUT2D eigenvalue weighted by Crippen LogP contribution is -2.20. The molecular formula is C16H13NO2. The highest BCUT2D eigenvalue weighted by molar-refractivity contribution is 5.91. The second-order valence-corrected chi connectivity index (χ2v) is 3.88. The van der Waals surface area contributed by atoms with Crippen molar-refractivity contribution in [2.75, 3.05) is 11.9 Å². The van der Waals surface area contributed by atoms with Gasteiger partial charge in [-0.15, -0.1) is 6.42 Å². The fourth-order valence-corrected chi connectivity index (χ4v) is 1.54. The lowest BCUT2D eigenvalue weighted by molar-refractivity contribution is -0.118. The third-order valence-corrected chi connectivity index (χ3v) is 2.43. The molecule has 3 heteroatoms. The van der Waals surface area contributed by atoms with Gasteiger partial charge in [-0.2, -0.15) is 0 Å². The van der Waals surface area contributed by atoms with Crippen molar-refractivity contribution in [2.45, 2.75) is 0 Å². The molecule has 0 atom stereocenters. The first kappa shape index (κ1) is 12.7. The van der Waals surface area contributed by atoms with Crippen molar-refractivity contribution in [1.29, 1.82) is 0 Å². The van der Waals surface area contributed by atoms with Crippen LogP contribution in [0, 0.1) is 12.3 Å². The van der Waals surface area contributed by atoms with Crippen LogP contribution < -0.4 is 10.1 Å². The van der Waals surface area contributed by atoms with Crippen molar-refractivity contribution in [3.8, 4) is 18.1 Å². The minimum Gasteiger partial charge on any atom is -0.484 e. The van der Waals surface area contributed by atoms with Gasteiger partial charge in [0.15, 0.2) is 6.61 Å². The number of carbonyl (C=O) groups excluding carboxylic acids is 1. The van der Waals surface area contributed by atoms with E-state index in [1.165, 1.54) is 0 Å². The third kappa shape index (κ3) is 3.90. The molecule has 0 saturated heterocycles. The molecule has 0 aliphatic carbocycles. The van der Waals surface area contributed by atoms with Crippen LogP contribution in [0.3, 0.4) is 0 Å². The Morgan fingerprint density at radius 3 is 2.68 bits per heavy atom. The number of para-hydroxylation sites is 1. The maximum absolute atomic E-state index is 11.7. The molecule has 1 amide bonds. The van der Waals surface area contributed by atoms with Crippen LogP contribution in [0.2, 0.25) is 0 Å². The Balaban J connectivity index is 1.88. The van der Waals surface area contributed by atoms with E-state index in [2.05, 4.69) is 11.2 Å². The summed E-state index contributed by atoms with van der Waals surface area (Å²) in [6.45, 7) is -0.0527. The number of hydrogen-bond donors (Lipinski definition) is 1. The largest absolute Gasteiger partial charge is 0.484 e. The highest BCUT2D eigenvalue weighted by atomic mass is 16.5. The molecule has 0 bridgehead atoms. The molecule has 0 heterocycles. The van der Waals surface area contributed by atoms with Crippen LogP contribution in [-0.4, -0.2) is 12.5 Å². The maximum Gasteiger partial charge on any atom is 0.262 e. The summed E-state index contributed by atoms with van der Waals surface area (Å²) in [6, 6.07) is 16.3. The zero-order valence-corrected chi connectivity index (χ0v) is 10.3. The molecule has 0 fully saturated rings. The maximum atomic E-state index is 11.7. The second-order valence-electron chi connectivity index (χ2n) is 3.88. The standard InChI is InChI=1S/C16H13NO2/c1-2-13-7-6-10-15(11-13)19-12-16(18)17-14-8-4-3-5-9-14/h1,3-11H,12H2,(H,17,18). The van der Waals surface area contributed by atoms with Crippen LogP contribution in [0.4, 0.5) is 5.69 Å². The summed E-state index contributed by atoms with van der Waals surface area (Å²) in [5.74, 6) is 2.89. The van der Waals surface area contributed by atoms with Crippen LogP contribution in [0.5, 0.6) is 5.75 Å². The number of carbonyl (C=O) groups is 1. The minimum absolute atomic E-state index is 0.0527. The Morgan fingerprint density at radius 2 is 1.95 bits per heavy atom. The normalized spacial score (nSPS) is 9.42.